The fourth-order valence-corrected chi connectivity index (χ4v) is 2.43. The summed E-state index contributed by atoms with van der Waals surface area (Å²) in [5, 5.41) is 9.34. The van der Waals surface area contributed by atoms with Crippen LogP contribution in [-0.4, -0.2) is 15.9 Å². The number of carboxylic acid groups (broad SMARTS) is 1. The molecule has 3 nitrogen and oxygen atoms in total. The molecule has 0 bridgehead atoms. The average molecular weight is 320 g/mol. The first-order chi connectivity index (χ1) is 9.90. The Morgan fingerprint density at radius 1 is 1.19 bits per heavy atom. The Labute approximate surface area is 133 Å². The number of benzene rings is 2. The molecule has 0 saturated carbocycles. The maximum Gasteiger partial charge on any atom is 0.325 e. The molecule has 0 aromatic heterocycles. The SMILES string of the molecule is Cc1ccc(C(=S)c2ccc(Cl)c(C(N)C(=O)O)c2)cc1. The number of thiocarbonyl (C=S) groups is 1. The summed E-state index contributed by atoms with van der Waals surface area (Å²) in [5.41, 5.74) is 8.76. The predicted octanol–water partition coefficient (Wildman–Crippen LogP) is 3.50. The van der Waals surface area contributed by atoms with Gasteiger partial charge in [-0.25, -0.2) is 0 Å². The molecule has 3 N–H and O–H groups in total. The minimum Gasteiger partial charge on any atom is -0.480 e. The molecule has 2 rings (SSSR count). The summed E-state index contributed by atoms with van der Waals surface area (Å²) in [6.07, 6.45) is 0. The van der Waals surface area contributed by atoms with E-state index < -0.39 is 12.0 Å². The van der Waals surface area contributed by atoms with Crippen LogP contribution in [0.15, 0.2) is 42.5 Å². The first-order valence-electron chi connectivity index (χ1n) is 6.29. The van der Waals surface area contributed by atoms with Crippen molar-refractivity contribution in [3.05, 3.63) is 69.7 Å². The second-order valence-electron chi connectivity index (χ2n) is 4.75. The lowest BCUT2D eigenvalue weighted by atomic mass is 9.99. The Morgan fingerprint density at radius 3 is 2.33 bits per heavy atom. The lowest BCUT2D eigenvalue weighted by molar-refractivity contribution is -0.138. The summed E-state index contributed by atoms with van der Waals surface area (Å²) in [7, 11) is 0. The molecule has 0 amide bonds. The van der Waals surface area contributed by atoms with E-state index in [0.29, 0.717) is 15.5 Å². The molecule has 0 aliphatic carbocycles. The normalized spacial score (nSPS) is 12.0. The van der Waals surface area contributed by atoms with E-state index >= 15 is 0 Å². The highest BCUT2D eigenvalue weighted by Gasteiger charge is 2.18. The zero-order valence-electron chi connectivity index (χ0n) is 11.3. The zero-order chi connectivity index (χ0) is 15.6. The second-order valence-corrected chi connectivity index (χ2v) is 5.56. The number of nitrogens with two attached hydrogens (primary N) is 1. The molecule has 0 aliphatic heterocycles. The standard InChI is InChI=1S/C16H14ClNO2S/c1-9-2-4-10(5-3-9)15(21)11-6-7-13(17)12(8-11)14(18)16(19)20/h2-8,14H,18H2,1H3,(H,19,20). The lowest BCUT2D eigenvalue weighted by Gasteiger charge is -2.12. The molecule has 1 unspecified atom stereocenters. The van der Waals surface area contributed by atoms with Crippen LogP contribution in [0.5, 0.6) is 0 Å². The van der Waals surface area contributed by atoms with E-state index in [-0.39, 0.29) is 0 Å². The average Bonchev–Trinajstić information content (AvgIpc) is 2.47. The van der Waals surface area contributed by atoms with Crippen molar-refractivity contribution in [2.45, 2.75) is 13.0 Å². The summed E-state index contributed by atoms with van der Waals surface area (Å²) >= 11 is 11.5. The molecule has 2 aromatic rings. The third-order valence-electron chi connectivity index (χ3n) is 3.17. The van der Waals surface area contributed by atoms with Gasteiger partial charge in [0.25, 0.3) is 0 Å². The molecular formula is C16H14ClNO2S. The van der Waals surface area contributed by atoms with Crippen molar-refractivity contribution in [1.82, 2.24) is 0 Å². The summed E-state index contributed by atoms with van der Waals surface area (Å²) in [5.74, 6) is -1.13. The van der Waals surface area contributed by atoms with Gasteiger partial charge in [-0.1, -0.05) is 59.7 Å². The van der Waals surface area contributed by atoms with E-state index in [1.165, 1.54) is 0 Å². The number of halogens is 1. The molecule has 0 radical (unpaired) electrons. The van der Waals surface area contributed by atoms with Crippen LogP contribution in [-0.2, 0) is 4.79 Å². The van der Waals surface area contributed by atoms with Crippen LogP contribution in [0.25, 0.3) is 0 Å². The lowest BCUT2D eigenvalue weighted by Crippen LogP contribution is -2.21. The molecule has 2 aromatic carbocycles. The maximum absolute atomic E-state index is 11.0. The Kier molecular flexibility index (Phi) is 4.73. The van der Waals surface area contributed by atoms with Crippen LogP contribution >= 0.6 is 23.8 Å². The fourth-order valence-electron chi connectivity index (χ4n) is 1.93. The molecule has 0 aliphatic rings. The number of aryl methyl sites for hydroxylation is 1. The van der Waals surface area contributed by atoms with E-state index in [1.54, 1.807) is 18.2 Å². The molecule has 108 valence electrons. The van der Waals surface area contributed by atoms with Gasteiger partial charge in [-0.05, 0) is 35.7 Å². The van der Waals surface area contributed by atoms with Gasteiger partial charge in [-0.2, -0.15) is 0 Å². The summed E-state index contributed by atoms with van der Waals surface area (Å²) in [4.78, 5) is 11.7. The van der Waals surface area contributed by atoms with Crippen molar-refractivity contribution in [3.63, 3.8) is 0 Å². The highest BCUT2D eigenvalue weighted by Crippen LogP contribution is 2.25. The third kappa shape index (κ3) is 3.47. The van der Waals surface area contributed by atoms with Crippen molar-refractivity contribution in [1.29, 1.82) is 0 Å². The van der Waals surface area contributed by atoms with Gasteiger partial charge in [0.15, 0.2) is 0 Å². The molecule has 1 atom stereocenters. The second kappa shape index (κ2) is 6.35. The monoisotopic (exact) mass is 319 g/mol. The van der Waals surface area contributed by atoms with Crippen LogP contribution in [0, 0.1) is 6.92 Å². The topological polar surface area (TPSA) is 63.3 Å². The minimum absolute atomic E-state index is 0.320. The largest absolute Gasteiger partial charge is 0.480 e. The number of hydrogen-bond acceptors (Lipinski definition) is 3. The van der Waals surface area contributed by atoms with Gasteiger partial charge < -0.3 is 10.8 Å². The number of hydrogen-bond donors (Lipinski definition) is 2. The number of carbonyl (C=O) groups is 1. The maximum atomic E-state index is 11.0. The van der Waals surface area contributed by atoms with Crippen molar-refractivity contribution in [2.24, 2.45) is 5.73 Å². The summed E-state index contributed by atoms with van der Waals surface area (Å²) in [6.45, 7) is 2.00. The number of carboxylic acids is 1. The Hall–Kier alpha value is -1.75. The van der Waals surface area contributed by atoms with Crippen LogP contribution < -0.4 is 5.73 Å². The Bertz CT molecular complexity index is 698. The first kappa shape index (κ1) is 15.6. The van der Waals surface area contributed by atoms with Gasteiger partial charge in [0.1, 0.15) is 6.04 Å². The molecule has 5 heteroatoms. The van der Waals surface area contributed by atoms with Gasteiger partial charge in [0.05, 0.1) is 4.86 Å². The van der Waals surface area contributed by atoms with Gasteiger partial charge >= 0.3 is 5.97 Å². The van der Waals surface area contributed by atoms with Crippen molar-refractivity contribution in [3.8, 4) is 0 Å². The smallest absolute Gasteiger partial charge is 0.325 e. The quantitative estimate of drug-likeness (QED) is 0.669. The fraction of sp³-hybridized carbons (Fsp3) is 0.125. The first-order valence-corrected chi connectivity index (χ1v) is 7.08. The van der Waals surface area contributed by atoms with Gasteiger partial charge in [0.2, 0.25) is 0 Å². The molecule has 0 fully saturated rings. The molecular weight excluding hydrogens is 306 g/mol. The van der Waals surface area contributed by atoms with Crippen LogP contribution in [0.2, 0.25) is 5.02 Å². The van der Waals surface area contributed by atoms with Gasteiger partial charge in [-0.3, -0.25) is 4.79 Å². The van der Waals surface area contributed by atoms with Gasteiger partial charge in [-0.15, -0.1) is 0 Å². The van der Waals surface area contributed by atoms with Crippen LogP contribution in [0.3, 0.4) is 0 Å². The number of rotatable bonds is 4. The van der Waals surface area contributed by atoms with E-state index in [0.717, 1.165) is 16.7 Å². The van der Waals surface area contributed by atoms with E-state index in [9.17, 15) is 4.79 Å². The highest BCUT2D eigenvalue weighted by molar-refractivity contribution is 7.81. The molecule has 0 saturated heterocycles. The van der Waals surface area contributed by atoms with Crippen molar-refractivity contribution >= 4 is 34.7 Å². The summed E-state index contributed by atoms with van der Waals surface area (Å²) in [6, 6.07) is 11.7. The van der Waals surface area contributed by atoms with Gasteiger partial charge in [0, 0.05) is 5.02 Å². The van der Waals surface area contributed by atoms with E-state index in [4.69, 9.17) is 34.7 Å². The van der Waals surface area contributed by atoms with Crippen molar-refractivity contribution < 1.29 is 9.90 Å². The number of aliphatic carboxylic acids is 1. The third-order valence-corrected chi connectivity index (χ3v) is 3.99. The van der Waals surface area contributed by atoms with E-state index in [1.807, 2.05) is 31.2 Å². The molecule has 0 heterocycles. The molecule has 21 heavy (non-hydrogen) atoms. The summed E-state index contributed by atoms with van der Waals surface area (Å²) < 4.78 is 0. The molecule has 0 spiro atoms. The van der Waals surface area contributed by atoms with E-state index in [2.05, 4.69) is 0 Å². The van der Waals surface area contributed by atoms with Crippen LogP contribution in [0.4, 0.5) is 0 Å². The Balaban J connectivity index is 2.41. The zero-order valence-corrected chi connectivity index (χ0v) is 12.9. The highest BCUT2D eigenvalue weighted by atomic mass is 35.5. The minimum atomic E-state index is -1.17. The Morgan fingerprint density at radius 2 is 1.76 bits per heavy atom. The predicted molar refractivity (Wildman–Crippen MR) is 88.0 cm³/mol. The van der Waals surface area contributed by atoms with Crippen molar-refractivity contribution in [2.75, 3.05) is 0 Å². The van der Waals surface area contributed by atoms with Crippen LogP contribution in [0.1, 0.15) is 28.3 Å².